The van der Waals surface area contributed by atoms with Gasteiger partial charge in [0.1, 0.15) is 6.07 Å². The van der Waals surface area contributed by atoms with E-state index in [-0.39, 0.29) is 0 Å². The van der Waals surface area contributed by atoms with Crippen LogP contribution < -0.4 is 4.90 Å². The summed E-state index contributed by atoms with van der Waals surface area (Å²) in [6.07, 6.45) is 1.65. The molecule has 3 heteroatoms. The summed E-state index contributed by atoms with van der Waals surface area (Å²) in [6.45, 7) is 8.48. The number of aromatic nitrogens is 1. The van der Waals surface area contributed by atoms with Gasteiger partial charge in [-0.3, -0.25) is 0 Å². The van der Waals surface area contributed by atoms with E-state index < -0.39 is 0 Å². The monoisotopic (exact) mass is 203 g/mol. The fourth-order valence-electron chi connectivity index (χ4n) is 1.84. The molecule has 0 aromatic carbocycles. The van der Waals surface area contributed by atoms with E-state index >= 15 is 0 Å². The standard InChI is InChI=1S/C12H17N3/c1-9(2)15(10(3)4)12-6-5-7-14-11(12)8-13/h5-7,9-10H,1-4H3. The minimum Gasteiger partial charge on any atom is -0.364 e. The number of anilines is 1. The molecule has 0 aliphatic heterocycles. The third kappa shape index (κ3) is 2.47. The van der Waals surface area contributed by atoms with E-state index in [4.69, 9.17) is 5.26 Å². The number of rotatable bonds is 3. The van der Waals surface area contributed by atoms with Crippen LogP contribution in [-0.4, -0.2) is 17.1 Å². The van der Waals surface area contributed by atoms with Gasteiger partial charge in [0, 0.05) is 18.3 Å². The summed E-state index contributed by atoms with van der Waals surface area (Å²) >= 11 is 0. The molecule has 0 spiro atoms. The van der Waals surface area contributed by atoms with Gasteiger partial charge in [-0.25, -0.2) is 4.98 Å². The highest BCUT2D eigenvalue weighted by Crippen LogP contribution is 2.22. The summed E-state index contributed by atoms with van der Waals surface area (Å²) in [5, 5.41) is 8.99. The number of hydrogen-bond donors (Lipinski definition) is 0. The van der Waals surface area contributed by atoms with E-state index in [2.05, 4.69) is 43.6 Å². The Hall–Kier alpha value is -1.56. The first-order chi connectivity index (χ1) is 7.07. The van der Waals surface area contributed by atoms with Crippen LogP contribution in [0.2, 0.25) is 0 Å². The van der Waals surface area contributed by atoms with E-state index in [9.17, 15) is 0 Å². The van der Waals surface area contributed by atoms with Gasteiger partial charge in [-0.2, -0.15) is 5.26 Å². The molecule has 80 valence electrons. The molecular weight excluding hydrogens is 186 g/mol. The van der Waals surface area contributed by atoms with Crippen LogP contribution in [0.4, 0.5) is 5.69 Å². The molecule has 0 amide bonds. The van der Waals surface area contributed by atoms with Crippen molar-refractivity contribution in [1.82, 2.24) is 4.98 Å². The Morgan fingerprint density at radius 2 is 1.87 bits per heavy atom. The summed E-state index contributed by atoms with van der Waals surface area (Å²) < 4.78 is 0. The van der Waals surface area contributed by atoms with Crippen LogP contribution >= 0.6 is 0 Å². The largest absolute Gasteiger partial charge is 0.364 e. The molecule has 1 aromatic heterocycles. The van der Waals surface area contributed by atoms with Crippen LogP contribution in [0.25, 0.3) is 0 Å². The Balaban J connectivity index is 3.18. The van der Waals surface area contributed by atoms with Crippen molar-refractivity contribution in [1.29, 1.82) is 5.26 Å². The minimum atomic E-state index is 0.362. The zero-order valence-electron chi connectivity index (χ0n) is 9.73. The highest BCUT2D eigenvalue weighted by atomic mass is 15.2. The summed E-state index contributed by atoms with van der Waals surface area (Å²) in [5.74, 6) is 0. The average molecular weight is 203 g/mol. The topological polar surface area (TPSA) is 39.9 Å². The highest BCUT2D eigenvalue weighted by molar-refractivity contribution is 5.56. The maximum Gasteiger partial charge on any atom is 0.163 e. The number of hydrogen-bond acceptors (Lipinski definition) is 3. The van der Waals surface area contributed by atoms with Crippen molar-refractivity contribution in [2.24, 2.45) is 0 Å². The van der Waals surface area contributed by atoms with E-state index in [0.29, 0.717) is 17.8 Å². The van der Waals surface area contributed by atoms with Gasteiger partial charge in [0.25, 0.3) is 0 Å². The van der Waals surface area contributed by atoms with Gasteiger partial charge in [-0.1, -0.05) is 0 Å². The Morgan fingerprint density at radius 3 is 2.33 bits per heavy atom. The molecule has 0 bridgehead atoms. The van der Waals surface area contributed by atoms with Crippen molar-refractivity contribution in [3.05, 3.63) is 24.0 Å². The Bertz CT molecular complexity index is 355. The smallest absolute Gasteiger partial charge is 0.163 e. The lowest BCUT2D eigenvalue weighted by Gasteiger charge is -2.33. The molecule has 0 radical (unpaired) electrons. The fraction of sp³-hybridized carbons (Fsp3) is 0.500. The predicted octanol–water partition coefficient (Wildman–Crippen LogP) is 2.58. The molecule has 0 N–H and O–H groups in total. The number of pyridine rings is 1. The first kappa shape index (κ1) is 11.5. The van der Waals surface area contributed by atoms with Crippen LogP contribution in [0.1, 0.15) is 33.4 Å². The molecule has 1 aromatic rings. The Kier molecular flexibility index (Phi) is 3.68. The van der Waals surface area contributed by atoms with Gasteiger partial charge in [-0.15, -0.1) is 0 Å². The van der Waals surface area contributed by atoms with Crippen LogP contribution in [0.5, 0.6) is 0 Å². The summed E-state index contributed by atoms with van der Waals surface area (Å²) in [7, 11) is 0. The SMILES string of the molecule is CC(C)N(c1cccnc1C#N)C(C)C. The third-order valence-electron chi connectivity index (χ3n) is 2.28. The second kappa shape index (κ2) is 4.79. The van der Waals surface area contributed by atoms with E-state index in [1.54, 1.807) is 6.20 Å². The first-order valence-corrected chi connectivity index (χ1v) is 5.21. The van der Waals surface area contributed by atoms with E-state index in [0.717, 1.165) is 5.69 Å². The molecule has 15 heavy (non-hydrogen) atoms. The molecule has 0 aliphatic carbocycles. The average Bonchev–Trinajstić information content (AvgIpc) is 2.17. The number of nitriles is 1. The number of nitrogens with zero attached hydrogens (tertiary/aromatic N) is 3. The van der Waals surface area contributed by atoms with Crippen molar-refractivity contribution >= 4 is 5.69 Å². The molecule has 0 saturated heterocycles. The fourth-order valence-corrected chi connectivity index (χ4v) is 1.84. The van der Waals surface area contributed by atoms with E-state index in [1.807, 2.05) is 12.1 Å². The lowest BCUT2D eigenvalue weighted by molar-refractivity contribution is 0.606. The van der Waals surface area contributed by atoms with Crippen LogP contribution in [0.3, 0.4) is 0 Å². The molecular formula is C12H17N3. The molecule has 0 aliphatic rings. The normalized spacial score (nSPS) is 10.5. The molecule has 1 heterocycles. The van der Waals surface area contributed by atoms with Gasteiger partial charge in [-0.05, 0) is 39.8 Å². The second-order valence-electron chi connectivity index (χ2n) is 4.08. The predicted molar refractivity (Wildman–Crippen MR) is 61.7 cm³/mol. The summed E-state index contributed by atoms with van der Waals surface area (Å²) in [6, 6.07) is 6.68. The molecule has 0 atom stereocenters. The minimum absolute atomic E-state index is 0.362. The Morgan fingerprint density at radius 1 is 1.27 bits per heavy atom. The van der Waals surface area contributed by atoms with Gasteiger partial charge in [0.15, 0.2) is 5.69 Å². The molecule has 1 rings (SSSR count). The van der Waals surface area contributed by atoms with Gasteiger partial charge < -0.3 is 4.90 Å². The van der Waals surface area contributed by atoms with Gasteiger partial charge in [0.05, 0.1) is 5.69 Å². The van der Waals surface area contributed by atoms with Gasteiger partial charge >= 0.3 is 0 Å². The maximum absolute atomic E-state index is 8.99. The molecule has 0 unspecified atom stereocenters. The zero-order chi connectivity index (χ0) is 11.4. The van der Waals surface area contributed by atoms with Crippen LogP contribution in [0.15, 0.2) is 18.3 Å². The second-order valence-corrected chi connectivity index (χ2v) is 4.08. The molecule has 3 nitrogen and oxygen atoms in total. The quantitative estimate of drug-likeness (QED) is 0.758. The Labute approximate surface area is 91.4 Å². The molecule has 0 saturated carbocycles. The summed E-state index contributed by atoms with van der Waals surface area (Å²) in [4.78, 5) is 6.28. The van der Waals surface area contributed by atoms with Crippen LogP contribution in [-0.2, 0) is 0 Å². The third-order valence-corrected chi connectivity index (χ3v) is 2.28. The van der Waals surface area contributed by atoms with Gasteiger partial charge in [0.2, 0.25) is 0 Å². The molecule has 0 fully saturated rings. The maximum atomic E-state index is 8.99. The first-order valence-electron chi connectivity index (χ1n) is 5.21. The lowest BCUT2D eigenvalue weighted by Crippen LogP contribution is -2.37. The summed E-state index contributed by atoms with van der Waals surface area (Å²) in [5.41, 5.74) is 1.42. The zero-order valence-corrected chi connectivity index (χ0v) is 9.73. The highest BCUT2D eigenvalue weighted by Gasteiger charge is 2.17. The van der Waals surface area contributed by atoms with Crippen molar-refractivity contribution in [3.63, 3.8) is 0 Å². The van der Waals surface area contributed by atoms with Crippen molar-refractivity contribution in [3.8, 4) is 6.07 Å². The lowest BCUT2D eigenvalue weighted by atomic mass is 10.1. The van der Waals surface area contributed by atoms with E-state index in [1.165, 1.54) is 0 Å². The van der Waals surface area contributed by atoms with Crippen LogP contribution in [0, 0.1) is 11.3 Å². The van der Waals surface area contributed by atoms with Crippen molar-refractivity contribution < 1.29 is 0 Å². The van der Waals surface area contributed by atoms with Crippen molar-refractivity contribution in [2.45, 2.75) is 39.8 Å². The van der Waals surface area contributed by atoms with Crippen molar-refractivity contribution in [2.75, 3.05) is 4.90 Å².